The highest BCUT2D eigenvalue weighted by atomic mass is 19.1. The molecule has 2 rings (SSSR count). The molecule has 1 aromatic heterocycles. The summed E-state index contributed by atoms with van der Waals surface area (Å²) in [4.78, 5) is 14.0. The van der Waals surface area contributed by atoms with E-state index in [1.807, 2.05) is 31.0 Å². The number of carbonyl (C=O) groups is 1. The second-order valence-electron chi connectivity index (χ2n) is 4.67. The Balaban J connectivity index is 1.92. The van der Waals surface area contributed by atoms with E-state index < -0.39 is 0 Å². The van der Waals surface area contributed by atoms with Crippen molar-refractivity contribution in [1.82, 2.24) is 4.90 Å². The molecule has 1 atom stereocenters. The molecular weight excluding hydrogens is 259 g/mol. The molecule has 1 heterocycles. The summed E-state index contributed by atoms with van der Waals surface area (Å²) in [6.45, 7) is 2.35. The Morgan fingerprint density at radius 1 is 1.35 bits per heavy atom. The van der Waals surface area contributed by atoms with Crippen molar-refractivity contribution in [3.63, 3.8) is 0 Å². The summed E-state index contributed by atoms with van der Waals surface area (Å²) < 4.78 is 18.0. The maximum atomic E-state index is 12.8. The largest absolute Gasteiger partial charge is 0.468 e. The molecule has 20 heavy (non-hydrogen) atoms. The van der Waals surface area contributed by atoms with Gasteiger partial charge in [-0.3, -0.25) is 9.69 Å². The molecule has 0 fully saturated rings. The van der Waals surface area contributed by atoms with Crippen molar-refractivity contribution in [2.45, 2.75) is 19.5 Å². The number of amides is 1. The average Bonchev–Trinajstić information content (AvgIpc) is 2.93. The highest BCUT2D eigenvalue weighted by Crippen LogP contribution is 2.11. The summed E-state index contributed by atoms with van der Waals surface area (Å²) in [5.74, 6) is 0.325. The van der Waals surface area contributed by atoms with E-state index in [2.05, 4.69) is 5.32 Å². The minimum atomic E-state index is -0.329. The number of likely N-dealkylation sites (N-methyl/N-ethyl adjacent to an activating group) is 1. The van der Waals surface area contributed by atoms with Gasteiger partial charge in [0.1, 0.15) is 11.6 Å². The topological polar surface area (TPSA) is 45.5 Å². The lowest BCUT2D eigenvalue weighted by Gasteiger charge is -2.22. The lowest BCUT2D eigenvalue weighted by Crippen LogP contribution is -2.39. The van der Waals surface area contributed by atoms with Crippen molar-refractivity contribution >= 4 is 11.6 Å². The third-order valence-corrected chi connectivity index (χ3v) is 3.14. The molecule has 1 amide bonds. The molecule has 1 N–H and O–H groups in total. The second-order valence-corrected chi connectivity index (χ2v) is 4.67. The lowest BCUT2D eigenvalue weighted by atomic mass is 10.2. The highest BCUT2D eigenvalue weighted by Gasteiger charge is 2.19. The van der Waals surface area contributed by atoms with Crippen molar-refractivity contribution in [2.24, 2.45) is 0 Å². The van der Waals surface area contributed by atoms with Gasteiger partial charge in [-0.15, -0.1) is 0 Å². The van der Waals surface area contributed by atoms with Crippen molar-refractivity contribution in [3.8, 4) is 0 Å². The first-order valence-corrected chi connectivity index (χ1v) is 6.35. The second kappa shape index (κ2) is 6.34. The van der Waals surface area contributed by atoms with Gasteiger partial charge >= 0.3 is 0 Å². The number of hydrogen-bond acceptors (Lipinski definition) is 3. The van der Waals surface area contributed by atoms with E-state index >= 15 is 0 Å². The Hall–Kier alpha value is -2.14. The van der Waals surface area contributed by atoms with Crippen molar-refractivity contribution in [1.29, 1.82) is 0 Å². The predicted octanol–water partition coefficient (Wildman–Crippen LogP) is 2.88. The van der Waals surface area contributed by atoms with Gasteiger partial charge < -0.3 is 9.73 Å². The number of anilines is 1. The van der Waals surface area contributed by atoms with Crippen molar-refractivity contribution in [2.75, 3.05) is 12.4 Å². The van der Waals surface area contributed by atoms with Crippen LogP contribution in [0.25, 0.3) is 0 Å². The molecule has 0 aliphatic rings. The van der Waals surface area contributed by atoms with E-state index in [0.29, 0.717) is 12.2 Å². The molecular formula is C15H17FN2O2. The zero-order valence-electron chi connectivity index (χ0n) is 11.5. The van der Waals surface area contributed by atoms with Crippen LogP contribution in [0.2, 0.25) is 0 Å². The van der Waals surface area contributed by atoms with Gasteiger partial charge in [-0.1, -0.05) is 0 Å². The summed E-state index contributed by atoms with van der Waals surface area (Å²) in [7, 11) is 1.84. The maximum absolute atomic E-state index is 12.8. The molecule has 0 radical (unpaired) electrons. The van der Waals surface area contributed by atoms with Gasteiger partial charge in [0, 0.05) is 5.69 Å². The van der Waals surface area contributed by atoms with Gasteiger partial charge in [-0.2, -0.15) is 0 Å². The van der Waals surface area contributed by atoms with Gasteiger partial charge in [-0.05, 0) is 50.4 Å². The van der Waals surface area contributed by atoms with Gasteiger partial charge in [-0.25, -0.2) is 4.39 Å². The first kappa shape index (κ1) is 14.3. The van der Waals surface area contributed by atoms with Crippen molar-refractivity contribution < 1.29 is 13.6 Å². The van der Waals surface area contributed by atoms with E-state index in [9.17, 15) is 9.18 Å². The number of rotatable bonds is 5. The third kappa shape index (κ3) is 3.68. The number of nitrogens with zero attached hydrogens (tertiary/aromatic N) is 1. The first-order valence-electron chi connectivity index (χ1n) is 6.35. The zero-order valence-corrected chi connectivity index (χ0v) is 11.5. The zero-order chi connectivity index (χ0) is 14.5. The quantitative estimate of drug-likeness (QED) is 0.913. The van der Waals surface area contributed by atoms with E-state index in [0.717, 1.165) is 5.76 Å². The molecule has 0 spiro atoms. The Kier molecular flexibility index (Phi) is 4.53. The van der Waals surface area contributed by atoms with E-state index in [1.54, 1.807) is 6.26 Å². The van der Waals surface area contributed by atoms with E-state index in [-0.39, 0.29) is 17.8 Å². The lowest BCUT2D eigenvalue weighted by molar-refractivity contribution is -0.120. The molecule has 106 valence electrons. The molecule has 0 aliphatic carbocycles. The Bertz CT molecular complexity index is 552. The molecule has 0 saturated heterocycles. The van der Waals surface area contributed by atoms with Crippen LogP contribution in [0.15, 0.2) is 47.1 Å². The summed E-state index contributed by atoms with van der Waals surface area (Å²) in [6, 6.07) is 9.04. The number of benzene rings is 1. The molecule has 0 saturated carbocycles. The summed E-state index contributed by atoms with van der Waals surface area (Å²) in [5.41, 5.74) is 0.578. The van der Waals surface area contributed by atoms with Crippen LogP contribution in [0, 0.1) is 5.82 Å². The normalized spacial score (nSPS) is 12.4. The van der Waals surface area contributed by atoms with E-state index in [1.165, 1.54) is 24.3 Å². The van der Waals surface area contributed by atoms with Crippen LogP contribution in [0.5, 0.6) is 0 Å². The standard InChI is InChI=1S/C15H17FN2O2/c1-11(18(2)10-14-4-3-9-20-14)15(19)17-13-7-5-12(16)6-8-13/h3-9,11H,10H2,1-2H3,(H,17,19)/t11-/m0/s1. The number of carbonyl (C=O) groups excluding carboxylic acids is 1. The number of nitrogens with one attached hydrogen (secondary N) is 1. The molecule has 0 unspecified atom stereocenters. The van der Waals surface area contributed by atoms with Crippen LogP contribution in [0.4, 0.5) is 10.1 Å². The Labute approximate surface area is 117 Å². The van der Waals surface area contributed by atoms with Crippen LogP contribution in [-0.4, -0.2) is 23.9 Å². The summed E-state index contributed by atoms with van der Waals surface area (Å²) >= 11 is 0. The van der Waals surface area contributed by atoms with Crippen molar-refractivity contribution in [3.05, 3.63) is 54.2 Å². The summed E-state index contributed by atoms with van der Waals surface area (Å²) in [5, 5.41) is 2.75. The van der Waals surface area contributed by atoms with Gasteiger partial charge in [0.2, 0.25) is 5.91 Å². The van der Waals surface area contributed by atoms with Gasteiger partial charge in [0.25, 0.3) is 0 Å². The monoisotopic (exact) mass is 276 g/mol. The summed E-state index contributed by atoms with van der Waals surface area (Å²) in [6.07, 6.45) is 1.60. The Morgan fingerprint density at radius 2 is 2.05 bits per heavy atom. The van der Waals surface area contributed by atoms with Gasteiger partial charge in [0.15, 0.2) is 0 Å². The first-order chi connectivity index (χ1) is 9.56. The predicted molar refractivity (Wildman–Crippen MR) is 74.7 cm³/mol. The minimum absolute atomic E-state index is 0.148. The molecule has 2 aromatic rings. The average molecular weight is 276 g/mol. The molecule has 1 aromatic carbocycles. The fraction of sp³-hybridized carbons (Fsp3) is 0.267. The van der Waals surface area contributed by atoms with Gasteiger partial charge in [0.05, 0.1) is 18.8 Å². The fourth-order valence-corrected chi connectivity index (χ4v) is 1.77. The minimum Gasteiger partial charge on any atom is -0.468 e. The van der Waals surface area contributed by atoms with Crippen LogP contribution in [0.1, 0.15) is 12.7 Å². The molecule has 4 nitrogen and oxygen atoms in total. The number of halogens is 1. The Morgan fingerprint density at radius 3 is 2.65 bits per heavy atom. The fourth-order valence-electron chi connectivity index (χ4n) is 1.77. The number of hydrogen-bond donors (Lipinski definition) is 1. The third-order valence-electron chi connectivity index (χ3n) is 3.14. The SMILES string of the molecule is C[C@@H](C(=O)Nc1ccc(F)cc1)N(C)Cc1ccco1. The molecule has 5 heteroatoms. The molecule has 0 aliphatic heterocycles. The van der Waals surface area contributed by atoms with Crippen LogP contribution >= 0.6 is 0 Å². The van der Waals surface area contributed by atoms with Crippen LogP contribution < -0.4 is 5.32 Å². The highest BCUT2D eigenvalue weighted by molar-refractivity contribution is 5.94. The number of furan rings is 1. The van der Waals surface area contributed by atoms with Crippen LogP contribution in [-0.2, 0) is 11.3 Å². The molecule has 0 bridgehead atoms. The van der Waals surface area contributed by atoms with Crippen LogP contribution in [0.3, 0.4) is 0 Å². The smallest absolute Gasteiger partial charge is 0.241 e. The maximum Gasteiger partial charge on any atom is 0.241 e. The van der Waals surface area contributed by atoms with E-state index in [4.69, 9.17) is 4.42 Å².